The van der Waals surface area contributed by atoms with Crippen LogP contribution in [0.1, 0.15) is 36.6 Å². The van der Waals surface area contributed by atoms with Crippen LogP contribution in [0, 0.1) is 11.3 Å². The maximum absolute atomic E-state index is 12.3. The second-order valence-electron chi connectivity index (χ2n) is 5.04. The Kier molecular flexibility index (Phi) is 3.39. The van der Waals surface area contributed by atoms with Gasteiger partial charge in [-0.05, 0) is 30.3 Å². The standard InChI is InChI=1S/C17H11N3O3/c1-20-16(22)12-7-6-10(8-13(12)17(20)23)15(21)19-14-5-3-2-4-11(14)9-18/h2-8H,1H3,(H,19,21). The number of carbonyl (C=O) groups is 3. The summed E-state index contributed by atoms with van der Waals surface area (Å²) >= 11 is 0. The number of hydrogen-bond acceptors (Lipinski definition) is 4. The molecule has 3 amide bonds. The van der Waals surface area contributed by atoms with E-state index < -0.39 is 11.8 Å². The van der Waals surface area contributed by atoms with E-state index in [1.54, 1.807) is 24.3 Å². The molecule has 2 aromatic carbocycles. The van der Waals surface area contributed by atoms with E-state index in [9.17, 15) is 14.4 Å². The number of anilines is 1. The summed E-state index contributed by atoms with van der Waals surface area (Å²) in [4.78, 5) is 37.1. The Hall–Kier alpha value is -3.46. The first-order chi connectivity index (χ1) is 11.0. The lowest BCUT2D eigenvalue weighted by atomic mass is 10.0. The van der Waals surface area contributed by atoms with Crippen molar-refractivity contribution in [2.75, 3.05) is 12.4 Å². The van der Waals surface area contributed by atoms with Gasteiger partial charge in [-0.25, -0.2) is 0 Å². The van der Waals surface area contributed by atoms with Crippen molar-refractivity contribution in [1.82, 2.24) is 4.90 Å². The van der Waals surface area contributed by atoms with Crippen LogP contribution in [0.2, 0.25) is 0 Å². The lowest BCUT2D eigenvalue weighted by Gasteiger charge is -2.07. The Bertz CT molecular complexity index is 896. The van der Waals surface area contributed by atoms with Gasteiger partial charge in [-0.3, -0.25) is 19.3 Å². The van der Waals surface area contributed by atoms with Crippen LogP contribution in [0.25, 0.3) is 0 Å². The normalized spacial score (nSPS) is 12.8. The Balaban J connectivity index is 1.92. The van der Waals surface area contributed by atoms with Crippen molar-refractivity contribution < 1.29 is 14.4 Å². The van der Waals surface area contributed by atoms with Gasteiger partial charge in [0.05, 0.1) is 22.4 Å². The fourth-order valence-electron chi connectivity index (χ4n) is 2.39. The Labute approximate surface area is 131 Å². The van der Waals surface area contributed by atoms with Crippen LogP contribution in [0.3, 0.4) is 0 Å². The summed E-state index contributed by atoms with van der Waals surface area (Å²) in [5, 5.41) is 11.7. The zero-order valence-corrected chi connectivity index (χ0v) is 12.2. The lowest BCUT2D eigenvalue weighted by molar-refractivity contribution is 0.0693. The monoisotopic (exact) mass is 305 g/mol. The smallest absolute Gasteiger partial charge is 0.261 e. The van der Waals surface area contributed by atoms with E-state index in [2.05, 4.69) is 5.32 Å². The minimum atomic E-state index is -0.453. The molecule has 0 saturated heterocycles. The predicted molar refractivity (Wildman–Crippen MR) is 82.0 cm³/mol. The van der Waals surface area contributed by atoms with Crippen LogP contribution >= 0.6 is 0 Å². The van der Waals surface area contributed by atoms with Gasteiger partial charge in [0.25, 0.3) is 17.7 Å². The molecular weight excluding hydrogens is 294 g/mol. The number of carbonyl (C=O) groups excluding carboxylic acids is 3. The van der Waals surface area contributed by atoms with Crippen molar-refractivity contribution in [3.8, 4) is 6.07 Å². The second kappa shape index (κ2) is 5.39. The summed E-state index contributed by atoms with van der Waals surface area (Å²) in [5.74, 6) is -1.27. The number of nitrogens with one attached hydrogen (secondary N) is 1. The largest absolute Gasteiger partial charge is 0.321 e. The minimum Gasteiger partial charge on any atom is -0.321 e. The number of nitriles is 1. The molecule has 6 nitrogen and oxygen atoms in total. The molecule has 0 fully saturated rings. The van der Waals surface area contributed by atoms with Gasteiger partial charge < -0.3 is 5.32 Å². The number of imide groups is 1. The molecule has 1 heterocycles. The highest BCUT2D eigenvalue weighted by Gasteiger charge is 2.33. The van der Waals surface area contributed by atoms with Gasteiger partial charge in [0.2, 0.25) is 0 Å². The van der Waals surface area contributed by atoms with Crippen LogP contribution < -0.4 is 5.32 Å². The SMILES string of the molecule is CN1C(=O)c2ccc(C(=O)Nc3ccccc3C#N)cc2C1=O. The number of nitrogens with zero attached hydrogens (tertiary/aromatic N) is 2. The van der Waals surface area contributed by atoms with Crippen molar-refractivity contribution >= 4 is 23.4 Å². The fourth-order valence-corrected chi connectivity index (χ4v) is 2.39. The van der Waals surface area contributed by atoms with Crippen molar-refractivity contribution in [3.63, 3.8) is 0 Å². The molecule has 1 aliphatic heterocycles. The zero-order chi connectivity index (χ0) is 16.6. The second-order valence-corrected chi connectivity index (χ2v) is 5.04. The van der Waals surface area contributed by atoms with Gasteiger partial charge in [-0.15, -0.1) is 0 Å². The van der Waals surface area contributed by atoms with Crippen molar-refractivity contribution in [3.05, 3.63) is 64.7 Å². The zero-order valence-electron chi connectivity index (χ0n) is 12.2. The number of rotatable bonds is 2. The van der Waals surface area contributed by atoms with E-state index in [-0.39, 0.29) is 22.6 Å². The number of benzene rings is 2. The third-order valence-electron chi connectivity index (χ3n) is 3.65. The Morgan fingerprint density at radius 3 is 2.52 bits per heavy atom. The van der Waals surface area contributed by atoms with Gasteiger partial charge in [0, 0.05) is 12.6 Å². The molecule has 1 aliphatic rings. The van der Waals surface area contributed by atoms with Gasteiger partial charge >= 0.3 is 0 Å². The number of hydrogen-bond donors (Lipinski definition) is 1. The Morgan fingerprint density at radius 1 is 1.09 bits per heavy atom. The molecule has 2 aromatic rings. The highest BCUT2D eigenvalue weighted by Crippen LogP contribution is 2.23. The molecule has 23 heavy (non-hydrogen) atoms. The molecule has 1 N–H and O–H groups in total. The van der Waals surface area contributed by atoms with Gasteiger partial charge in [-0.2, -0.15) is 5.26 Å². The average molecular weight is 305 g/mol. The maximum atomic E-state index is 12.3. The van der Waals surface area contributed by atoms with Crippen LogP contribution in [0.15, 0.2) is 42.5 Å². The first-order valence-corrected chi connectivity index (χ1v) is 6.80. The number of para-hydroxylation sites is 1. The molecule has 6 heteroatoms. The molecule has 0 spiro atoms. The number of amides is 3. The molecule has 3 rings (SSSR count). The molecular formula is C17H11N3O3. The van der Waals surface area contributed by atoms with E-state index >= 15 is 0 Å². The third-order valence-corrected chi connectivity index (χ3v) is 3.65. The van der Waals surface area contributed by atoms with Gasteiger partial charge in [0.15, 0.2) is 0 Å². The third kappa shape index (κ3) is 2.34. The van der Waals surface area contributed by atoms with Crippen molar-refractivity contribution in [1.29, 1.82) is 5.26 Å². The molecule has 0 atom stereocenters. The van der Waals surface area contributed by atoms with E-state index in [0.29, 0.717) is 11.3 Å². The van der Waals surface area contributed by atoms with Crippen LogP contribution in [0.4, 0.5) is 5.69 Å². The highest BCUT2D eigenvalue weighted by atomic mass is 16.2. The Morgan fingerprint density at radius 2 is 1.78 bits per heavy atom. The summed E-state index contributed by atoms with van der Waals surface area (Å²) in [6.45, 7) is 0. The van der Waals surface area contributed by atoms with E-state index in [1.165, 1.54) is 25.2 Å². The molecule has 112 valence electrons. The summed E-state index contributed by atoms with van der Waals surface area (Å²) in [7, 11) is 1.40. The number of fused-ring (bicyclic) bond motifs is 1. The van der Waals surface area contributed by atoms with E-state index in [1.807, 2.05) is 6.07 Å². The average Bonchev–Trinajstić information content (AvgIpc) is 2.79. The summed E-state index contributed by atoms with van der Waals surface area (Å²) < 4.78 is 0. The van der Waals surface area contributed by atoms with Crippen LogP contribution in [-0.2, 0) is 0 Å². The summed E-state index contributed by atoms with van der Waals surface area (Å²) in [6, 6.07) is 12.9. The highest BCUT2D eigenvalue weighted by molar-refractivity contribution is 6.22. The van der Waals surface area contributed by atoms with Crippen molar-refractivity contribution in [2.24, 2.45) is 0 Å². The molecule has 0 radical (unpaired) electrons. The quantitative estimate of drug-likeness (QED) is 0.860. The first kappa shape index (κ1) is 14.5. The van der Waals surface area contributed by atoms with Crippen molar-refractivity contribution in [2.45, 2.75) is 0 Å². The minimum absolute atomic E-state index is 0.207. The summed E-state index contributed by atoms with van der Waals surface area (Å²) in [5.41, 5.74) is 1.46. The first-order valence-electron chi connectivity index (χ1n) is 6.80. The fraction of sp³-hybridized carbons (Fsp3) is 0.0588. The topological polar surface area (TPSA) is 90.3 Å². The van der Waals surface area contributed by atoms with E-state index in [4.69, 9.17) is 5.26 Å². The molecule has 0 unspecified atom stereocenters. The molecule has 0 bridgehead atoms. The van der Waals surface area contributed by atoms with Gasteiger partial charge in [-0.1, -0.05) is 12.1 Å². The van der Waals surface area contributed by atoms with Crippen LogP contribution in [0.5, 0.6) is 0 Å². The van der Waals surface area contributed by atoms with Crippen LogP contribution in [-0.4, -0.2) is 29.7 Å². The van der Waals surface area contributed by atoms with Gasteiger partial charge in [0.1, 0.15) is 6.07 Å². The predicted octanol–water partition coefficient (Wildman–Crippen LogP) is 2.04. The summed E-state index contributed by atoms with van der Waals surface area (Å²) in [6.07, 6.45) is 0. The van der Waals surface area contributed by atoms with E-state index in [0.717, 1.165) is 4.90 Å². The molecule has 0 aliphatic carbocycles. The molecule has 0 aromatic heterocycles. The maximum Gasteiger partial charge on any atom is 0.261 e. The molecule has 0 saturated carbocycles. The lowest BCUT2D eigenvalue weighted by Crippen LogP contribution is -2.24.